The number of nitriles is 1. The van der Waals surface area contributed by atoms with Crippen molar-refractivity contribution in [2.75, 3.05) is 6.54 Å². The molecule has 1 N–H and O–H groups in total. The lowest BCUT2D eigenvalue weighted by atomic mass is 9.93. The summed E-state index contributed by atoms with van der Waals surface area (Å²) < 4.78 is 0. The monoisotopic (exact) mass is 360 g/mol. The third-order valence-electron chi connectivity index (χ3n) is 4.81. The van der Waals surface area contributed by atoms with Crippen molar-refractivity contribution in [2.45, 2.75) is 39.5 Å². The molecule has 0 fully saturated rings. The third kappa shape index (κ3) is 5.82. The highest BCUT2D eigenvalue weighted by molar-refractivity contribution is 6.07. The van der Waals surface area contributed by atoms with Gasteiger partial charge in [0.15, 0.2) is 0 Å². The van der Waals surface area contributed by atoms with E-state index in [1.807, 2.05) is 60.7 Å². The summed E-state index contributed by atoms with van der Waals surface area (Å²) in [6, 6.07) is 21.4. The number of carbonyl (C=O) groups excluding carboxylic acids is 1. The molecule has 2 aromatic carbocycles. The van der Waals surface area contributed by atoms with Gasteiger partial charge in [-0.2, -0.15) is 5.26 Å². The van der Waals surface area contributed by atoms with Crippen LogP contribution in [0.4, 0.5) is 0 Å². The molecule has 3 heteroatoms. The minimum Gasteiger partial charge on any atom is -0.351 e. The zero-order valence-corrected chi connectivity index (χ0v) is 16.2. The highest BCUT2D eigenvalue weighted by atomic mass is 16.1. The molecule has 1 atom stereocenters. The molecule has 0 aliphatic carbocycles. The zero-order valence-electron chi connectivity index (χ0n) is 16.2. The maximum Gasteiger partial charge on any atom is 0.262 e. The lowest BCUT2D eigenvalue weighted by Gasteiger charge is -2.16. The molecule has 2 aromatic rings. The summed E-state index contributed by atoms with van der Waals surface area (Å²) in [5.41, 5.74) is 2.58. The summed E-state index contributed by atoms with van der Waals surface area (Å²) in [5, 5.41) is 12.8. The molecule has 1 amide bonds. The van der Waals surface area contributed by atoms with Crippen LogP contribution in [0.3, 0.4) is 0 Å². The Morgan fingerprint density at radius 2 is 1.56 bits per heavy atom. The molecule has 0 aliphatic heterocycles. The van der Waals surface area contributed by atoms with Crippen molar-refractivity contribution in [1.82, 2.24) is 5.32 Å². The second-order valence-corrected chi connectivity index (χ2v) is 6.72. The number of benzene rings is 2. The van der Waals surface area contributed by atoms with E-state index in [-0.39, 0.29) is 11.5 Å². The molecule has 0 aromatic heterocycles. The molecule has 140 valence electrons. The molecular weight excluding hydrogens is 332 g/mol. The minimum absolute atomic E-state index is 0.165. The fourth-order valence-electron chi connectivity index (χ4n) is 3.15. The predicted molar refractivity (Wildman–Crippen MR) is 111 cm³/mol. The van der Waals surface area contributed by atoms with Gasteiger partial charge >= 0.3 is 0 Å². The first-order valence-electron chi connectivity index (χ1n) is 9.74. The van der Waals surface area contributed by atoms with Crippen LogP contribution < -0.4 is 5.32 Å². The summed E-state index contributed by atoms with van der Waals surface area (Å²) in [6.07, 6.45) is 4.44. The van der Waals surface area contributed by atoms with Crippen LogP contribution in [0, 0.1) is 17.2 Å². The number of nitrogens with zero attached hydrogens (tertiary/aromatic N) is 1. The lowest BCUT2D eigenvalue weighted by Crippen LogP contribution is -2.30. The van der Waals surface area contributed by atoms with Gasteiger partial charge in [-0.25, -0.2) is 0 Å². The van der Waals surface area contributed by atoms with Crippen LogP contribution in [-0.2, 0) is 4.79 Å². The van der Waals surface area contributed by atoms with Gasteiger partial charge in [-0.15, -0.1) is 0 Å². The fraction of sp³-hybridized carbons (Fsp3) is 0.333. The van der Waals surface area contributed by atoms with Crippen molar-refractivity contribution in [3.05, 3.63) is 77.4 Å². The van der Waals surface area contributed by atoms with E-state index in [1.165, 1.54) is 0 Å². The van der Waals surface area contributed by atoms with Crippen LogP contribution >= 0.6 is 0 Å². The van der Waals surface area contributed by atoms with E-state index in [0.717, 1.165) is 36.8 Å². The highest BCUT2D eigenvalue weighted by Gasteiger charge is 2.19. The fourth-order valence-corrected chi connectivity index (χ4v) is 3.15. The van der Waals surface area contributed by atoms with Crippen molar-refractivity contribution in [3.63, 3.8) is 0 Å². The molecule has 27 heavy (non-hydrogen) atoms. The smallest absolute Gasteiger partial charge is 0.262 e. The zero-order chi connectivity index (χ0) is 19.5. The molecule has 3 nitrogen and oxygen atoms in total. The number of rotatable bonds is 9. The second kappa shape index (κ2) is 11.0. The number of amides is 1. The number of carbonyl (C=O) groups is 1. The Balaban J connectivity index is 2.33. The van der Waals surface area contributed by atoms with Crippen LogP contribution in [0.2, 0.25) is 0 Å². The largest absolute Gasteiger partial charge is 0.351 e. The molecule has 0 aliphatic rings. The van der Waals surface area contributed by atoms with Gasteiger partial charge in [0.1, 0.15) is 11.6 Å². The van der Waals surface area contributed by atoms with Crippen molar-refractivity contribution < 1.29 is 4.79 Å². The SMILES string of the molecule is CCCCC(CC)CNC(=O)C(C#N)=C(c1ccccc1)c1ccccc1. The molecule has 0 heterocycles. The summed E-state index contributed by atoms with van der Waals surface area (Å²) in [6.45, 7) is 4.93. The standard InChI is InChI=1S/C24H28N2O/c1-3-5-12-19(4-2)18-26-24(27)22(17-25)23(20-13-8-6-9-14-20)21-15-10-7-11-16-21/h6-11,13-16,19H,3-5,12,18H2,1-2H3,(H,26,27). The summed E-state index contributed by atoms with van der Waals surface area (Å²) >= 11 is 0. The van der Waals surface area contributed by atoms with Crippen LogP contribution in [0.1, 0.15) is 50.7 Å². The van der Waals surface area contributed by atoms with Gasteiger partial charge in [0, 0.05) is 12.1 Å². The molecule has 0 spiro atoms. The van der Waals surface area contributed by atoms with Gasteiger partial charge in [0.25, 0.3) is 5.91 Å². The molecule has 0 bridgehead atoms. The third-order valence-corrected chi connectivity index (χ3v) is 4.81. The van der Waals surface area contributed by atoms with Crippen LogP contribution in [0.25, 0.3) is 5.57 Å². The van der Waals surface area contributed by atoms with Gasteiger partial charge < -0.3 is 5.32 Å². The van der Waals surface area contributed by atoms with Gasteiger partial charge in [0.05, 0.1) is 0 Å². The Labute approximate surface area is 162 Å². The molecule has 1 unspecified atom stereocenters. The maximum atomic E-state index is 12.9. The molecular formula is C24H28N2O. The van der Waals surface area contributed by atoms with E-state index in [0.29, 0.717) is 18.0 Å². The van der Waals surface area contributed by atoms with E-state index in [1.54, 1.807) is 0 Å². The first-order valence-corrected chi connectivity index (χ1v) is 9.74. The Bertz CT molecular complexity index is 747. The molecule has 0 saturated carbocycles. The number of unbranched alkanes of at least 4 members (excludes halogenated alkanes) is 1. The Morgan fingerprint density at radius 3 is 2.00 bits per heavy atom. The van der Waals surface area contributed by atoms with Crippen molar-refractivity contribution in [1.29, 1.82) is 5.26 Å². The van der Waals surface area contributed by atoms with Crippen LogP contribution in [-0.4, -0.2) is 12.5 Å². The first-order chi connectivity index (χ1) is 13.2. The van der Waals surface area contributed by atoms with E-state index in [9.17, 15) is 10.1 Å². The Hall–Kier alpha value is -2.86. The van der Waals surface area contributed by atoms with E-state index in [2.05, 4.69) is 25.2 Å². The first kappa shape index (κ1) is 20.5. The number of hydrogen-bond acceptors (Lipinski definition) is 2. The topological polar surface area (TPSA) is 52.9 Å². The lowest BCUT2D eigenvalue weighted by molar-refractivity contribution is -0.117. The molecule has 0 radical (unpaired) electrons. The van der Waals surface area contributed by atoms with Gasteiger partial charge in [-0.3, -0.25) is 4.79 Å². The summed E-state index contributed by atoms with van der Waals surface area (Å²) in [7, 11) is 0. The average molecular weight is 361 g/mol. The second-order valence-electron chi connectivity index (χ2n) is 6.72. The summed E-state index contributed by atoms with van der Waals surface area (Å²) in [5.74, 6) is 0.154. The Morgan fingerprint density at radius 1 is 1.00 bits per heavy atom. The average Bonchev–Trinajstić information content (AvgIpc) is 2.73. The van der Waals surface area contributed by atoms with Crippen molar-refractivity contribution >= 4 is 11.5 Å². The van der Waals surface area contributed by atoms with E-state index >= 15 is 0 Å². The highest BCUT2D eigenvalue weighted by Crippen LogP contribution is 2.27. The molecule has 0 saturated heterocycles. The van der Waals surface area contributed by atoms with Crippen LogP contribution in [0.15, 0.2) is 66.2 Å². The van der Waals surface area contributed by atoms with Gasteiger partial charge in [-0.05, 0) is 23.5 Å². The van der Waals surface area contributed by atoms with Crippen molar-refractivity contribution in [2.24, 2.45) is 5.92 Å². The normalized spacial score (nSPS) is 11.3. The number of hydrogen-bond donors (Lipinski definition) is 1. The predicted octanol–water partition coefficient (Wildman–Crippen LogP) is 5.34. The van der Waals surface area contributed by atoms with Crippen LogP contribution in [0.5, 0.6) is 0 Å². The minimum atomic E-state index is -0.296. The van der Waals surface area contributed by atoms with E-state index < -0.39 is 0 Å². The van der Waals surface area contributed by atoms with Gasteiger partial charge in [0.2, 0.25) is 0 Å². The number of nitrogens with one attached hydrogen (secondary N) is 1. The van der Waals surface area contributed by atoms with E-state index in [4.69, 9.17) is 0 Å². The van der Waals surface area contributed by atoms with Gasteiger partial charge in [-0.1, -0.05) is 93.8 Å². The quantitative estimate of drug-likeness (QED) is 0.484. The molecule has 2 rings (SSSR count). The van der Waals surface area contributed by atoms with Crippen molar-refractivity contribution in [3.8, 4) is 6.07 Å². The maximum absolute atomic E-state index is 12.9. The Kier molecular flexibility index (Phi) is 8.32. The summed E-state index contributed by atoms with van der Waals surface area (Å²) in [4.78, 5) is 12.9.